The number of hydrogen-bond acceptors (Lipinski definition) is 4. The average molecular weight is 1000 g/mol. The minimum atomic E-state index is -0.348. The maximum atomic E-state index is 6.13. The first-order chi connectivity index (χ1) is 16.5. The third-order valence-electron chi connectivity index (χ3n) is 4.87. The van der Waals surface area contributed by atoms with Crippen molar-refractivity contribution in [2.45, 2.75) is 29.3 Å². The average Bonchev–Trinajstić information content (AvgIpc) is 2.81. The summed E-state index contributed by atoms with van der Waals surface area (Å²) in [5, 5.41) is 1.05. The first kappa shape index (κ1) is 33.0. The fourth-order valence-electron chi connectivity index (χ4n) is 3.16. The topological polar surface area (TPSA) is 36.9 Å². The fraction of sp³-hybridized carbons (Fsp3) is 0.478. The highest BCUT2D eigenvalue weighted by atomic mass is 79.9. The van der Waals surface area contributed by atoms with Crippen LogP contribution in [-0.2, 0) is 14.9 Å². The van der Waals surface area contributed by atoms with Crippen molar-refractivity contribution in [3.05, 3.63) is 53.3 Å². The summed E-state index contributed by atoms with van der Waals surface area (Å²) in [4.78, 5) is 0. The molecule has 0 radical (unpaired) electrons. The van der Waals surface area contributed by atoms with Crippen molar-refractivity contribution >= 4 is 127 Å². The molecule has 0 saturated carbocycles. The summed E-state index contributed by atoms with van der Waals surface area (Å²) in [6.07, 6.45) is 0. The van der Waals surface area contributed by atoms with Gasteiger partial charge in [0.05, 0.1) is 35.4 Å². The van der Waals surface area contributed by atoms with Gasteiger partial charge in [-0.2, -0.15) is 0 Å². The van der Waals surface area contributed by atoms with Crippen LogP contribution < -0.4 is 9.47 Å². The molecular formula is C23H24Br8O4. The Balaban J connectivity index is 2.27. The number of hydrogen-bond donors (Lipinski definition) is 0. The molecule has 2 atom stereocenters. The van der Waals surface area contributed by atoms with Crippen LogP contribution in [-0.4, -0.2) is 47.1 Å². The SMILES string of the molecule is CC(C)(c1ccc(OC(Br)COCCBr)cc1)c1c(Br)c(Br)c(OC(Br)COCCBr)c(Br)c1Br. The maximum absolute atomic E-state index is 6.13. The normalized spacial score (nSPS) is 13.5. The van der Waals surface area contributed by atoms with Gasteiger partial charge in [0.15, 0.2) is 15.8 Å². The van der Waals surface area contributed by atoms with E-state index in [-0.39, 0.29) is 15.4 Å². The summed E-state index contributed by atoms with van der Waals surface area (Å²) < 4.78 is 26.5. The molecule has 0 spiro atoms. The zero-order chi connectivity index (χ0) is 26.2. The summed E-state index contributed by atoms with van der Waals surface area (Å²) in [5.41, 5.74) is 1.85. The van der Waals surface area contributed by atoms with Gasteiger partial charge >= 0.3 is 0 Å². The molecule has 196 valence electrons. The second kappa shape index (κ2) is 16.2. The summed E-state index contributed by atoms with van der Waals surface area (Å²) >= 11 is 28.8. The molecule has 0 saturated heterocycles. The predicted octanol–water partition coefficient (Wildman–Crippen LogP) is 10.1. The van der Waals surface area contributed by atoms with Gasteiger partial charge in [0.1, 0.15) is 5.75 Å². The van der Waals surface area contributed by atoms with Crippen LogP contribution in [0.4, 0.5) is 0 Å². The Morgan fingerprint density at radius 3 is 1.63 bits per heavy atom. The lowest BCUT2D eigenvalue weighted by Crippen LogP contribution is -2.22. The summed E-state index contributed by atoms with van der Waals surface area (Å²) in [5.74, 6) is 1.44. The van der Waals surface area contributed by atoms with Crippen LogP contribution >= 0.6 is 127 Å². The number of halogens is 8. The van der Waals surface area contributed by atoms with E-state index in [0.717, 1.165) is 45.4 Å². The van der Waals surface area contributed by atoms with E-state index >= 15 is 0 Å². The standard InChI is InChI=1S/C23H24Br8O4/c1-23(2,13-3-5-14(6-4-13)34-15(26)11-32-9-7-24)17-18(28)20(30)22(21(31)19(17)29)35-16(27)12-33-10-8-25/h3-6,15-16H,7-12H2,1-2H3. The number of alkyl halides is 4. The molecule has 2 aromatic rings. The highest BCUT2D eigenvalue weighted by Gasteiger charge is 2.33. The molecule has 0 aliphatic heterocycles. The Hall–Kier alpha value is 1.80. The highest BCUT2D eigenvalue weighted by Crippen LogP contribution is 2.52. The fourth-order valence-corrected chi connectivity index (χ4v) is 7.66. The molecule has 35 heavy (non-hydrogen) atoms. The molecule has 0 aromatic heterocycles. The van der Waals surface area contributed by atoms with Crippen LogP contribution in [0.5, 0.6) is 11.5 Å². The number of ether oxygens (including phenoxy) is 4. The zero-order valence-corrected chi connectivity index (χ0v) is 31.6. The van der Waals surface area contributed by atoms with Crippen molar-refractivity contribution in [3.63, 3.8) is 0 Å². The molecule has 0 aliphatic rings. The maximum Gasteiger partial charge on any atom is 0.176 e. The lowest BCUT2D eigenvalue weighted by Gasteiger charge is -2.31. The molecule has 2 unspecified atom stereocenters. The van der Waals surface area contributed by atoms with Gasteiger partial charge in [0, 0.05) is 25.0 Å². The molecule has 0 N–H and O–H groups in total. The summed E-state index contributed by atoms with van der Waals surface area (Å²) in [7, 11) is 0. The molecular weight excluding hydrogens is 979 g/mol. The third kappa shape index (κ3) is 9.45. The van der Waals surface area contributed by atoms with Crippen molar-refractivity contribution in [1.29, 1.82) is 0 Å². The van der Waals surface area contributed by atoms with Crippen LogP contribution in [0.25, 0.3) is 0 Å². The lowest BCUT2D eigenvalue weighted by atomic mass is 9.78. The molecule has 0 bridgehead atoms. The second-order valence-corrected chi connectivity index (χ2v) is 14.5. The lowest BCUT2D eigenvalue weighted by molar-refractivity contribution is 0.0999. The molecule has 4 nitrogen and oxygen atoms in total. The van der Waals surface area contributed by atoms with E-state index in [1.165, 1.54) is 0 Å². The Kier molecular flexibility index (Phi) is 15.2. The molecule has 0 amide bonds. The minimum absolute atomic E-state index is 0.216. The number of rotatable bonds is 14. The van der Waals surface area contributed by atoms with Gasteiger partial charge in [-0.15, -0.1) is 0 Å². The van der Waals surface area contributed by atoms with Crippen molar-refractivity contribution < 1.29 is 18.9 Å². The van der Waals surface area contributed by atoms with E-state index in [1.807, 2.05) is 12.1 Å². The van der Waals surface area contributed by atoms with Gasteiger partial charge in [0.2, 0.25) is 0 Å². The van der Waals surface area contributed by atoms with Gasteiger partial charge < -0.3 is 18.9 Å². The van der Waals surface area contributed by atoms with E-state index < -0.39 is 0 Å². The van der Waals surface area contributed by atoms with Gasteiger partial charge in [0.25, 0.3) is 0 Å². The highest BCUT2D eigenvalue weighted by molar-refractivity contribution is 9.14. The van der Waals surface area contributed by atoms with Gasteiger partial charge in [-0.3, -0.25) is 0 Å². The van der Waals surface area contributed by atoms with E-state index in [1.54, 1.807) is 0 Å². The summed E-state index contributed by atoms with van der Waals surface area (Å²) in [6.45, 7) is 6.48. The quantitative estimate of drug-likeness (QED) is 0.107. The molecule has 0 heterocycles. The van der Waals surface area contributed by atoms with Crippen LogP contribution in [0.2, 0.25) is 0 Å². The molecule has 12 heteroatoms. The molecule has 0 fully saturated rings. The smallest absolute Gasteiger partial charge is 0.176 e. The zero-order valence-electron chi connectivity index (χ0n) is 18.9. The molecule has 2 rings (SSSR count). The van der Waals surface area contributed by atoms with Gasteiger partial charge in [-0.25, -0.2) is 0 Å². The van der Waals surface area contributed by atoms with E-state index in [2.05, 4.69) is 153 Å². The Morgan fingerprint density at radius 1 is 0.714 bits per heavy atom. The second-order valence-electron chi connectivity index (χ2n) is 7.69. The van der Waals surface area contributed by atoms with Crippen molar-refractivity contribution in [2.75, 3.05) is 37.1 Å². The molecule has 0 aliphatic carbocycles. The largest absolute Gasteiger partial charge is 0.477 e. The monoisotopic (exact) mass is 996 g/mol. The van der Waals surface area contributed by atoms with E-state index in [9.17, 15) is 0 Å². The van der Waals surface area contributed by atoms with Crippen molar-refractivity contribution in [1.82, 2.24) is 0 Å². The summed E-state index contributed by atoms with van der Waals surface area (Å²) in [6, 6.07) is 8.10. The van der Waals surface area contributed by atoms with Crippen molar-refractivity contribution in [2.24, 2.45) is 0 Å². The van der Waals surface area contributed by atoms with E-state index in [0.29, 0.717) is 32.2 Å². The Labute approximate surface area is 274 Å². The van der Waals surface area contributed by atoms with Gasteiger partial charge in [-0.1, -0.05) is 57.8 Å². The van der Waals surface area contributed by atoms with Crippen LogP contribution in [0, 0.1) is 0 Å². The van der Waals surface area contributed by atoms with Crippen LogP contribution in [0.1, 0.15) is 25.0 Å². The van der Waals surface area contributed by atoms with E-state index in [4.69, 9.17) is 18.9 Å². The number of benzene rings is 2. The minimum Gasteiger partial charge on any atom is -0.477 e. The first-order valence-electron chi connectivity index (χ1n) is 10.4. The Morgan fingerprint density at radius 2 is 1.17 bits per heavy atom. The first-order valence-corrected chi connectivity index (χ1v) is 17.6. The van der Waals surface area contributed by atoms with Crippen LogP contribution in [0.15, 0.2) is 42.2 Å². The Bertz CT molecular complexity index is 927. The van der Waals surface area contributed by atoms with Gasteiger partial charge in [-0.05, 0) is 119 Å². The van der Waals surface area contributed by atoms with Crippen molar-refractivity contribution in [3.8, 4) is 11.5 Å². The third-order valence-corrected chi connectivity index (χ3v) is 10.6. The predicted molar refractivity (Wildman–Crippen MR) is 172 cm³/mol. The van der Waals surface area contributed by atoms with Crippen LogP contribution in [0.3, 0.4) is 0 Å². The molecule has 2 aromatic carbocycles.